The fourth-order valence-corrected chi connectivity index (χ4v) is 21.4. The highest BCUT2D eigenvalue weighted by Crippen LogP contribution is 2.46. The number of benzene rings is 20. The molecule has 26 rings (SSSR count). The largest absolute Gasteiger partial charge is 0.309 e. The summed E-state index contributed by atoms with van der Waals surface area (Å²) in [5.41, 5.74) is 40.8. The number of nitriles is 2. The van der Waals surface area contributed by atoms with Crippen molar-refractivity contribution in [1.29, 1.82) is 10.5 Å². The van der Waals surface area contributed by atoms with E-state index in [1.54, 1.807) is 0 Å². The van der Waals surface area contributed by atoms with Gasteiger partial charge >= 0.3 is 0 Å². The maximum absolute atomic E-state index is 9.76. The van der Waals surface area contributed by atoms with Crippen molar-refractivity contribution in [3.63, 3.8) is 0 Å². The maximum Gasteiger partial charge on any atom is 0.188 e. The molecule has 0 radical (unpaired) electrons. The lowest BCUT2D eigenvalue weighted by atomic mass is 9.93. The molecule has 0 aliphatic heterocycles. The van der Waals surface area contributed by atoms with Gasteiger partial charge in [-0.15, -0.1) is 0 Å². The van der Waals surface area contributed by atoms with Gasteiger partial charge in [-0.25, -0.2) is 9.69 Å². The molecule has 138 heavy (non-hydrogen) atoms. The molecule has 0 aliphatic carbocycles. The zero-order valence-electron chi connectivity index (χ0n) is 75.9. The van der Waals surface area contributed by atoms with Gasteiger partial charge in [0.1, 0.15) is 0 Å². The molecule has 0 fully saturated rings. The Bertz CT molecular complexity index is 9000. The van der Waals surface area contributed by atoms with Crippen LogP contribution in [0, 0.1) is 63.5 Å². The molecule has 6 heterocycles. The normalized spacial score (nSPS) is 11.6. The number of hydrogen-bond acceptors (Lipinski definition) is 2. The lowest BCUT2D eigenvalue weighted by Crippen LogP contribution is -1.95. The van der Waals surface area contributed by atoms with Crippen LogP contribution in [-0.2, 0) is 0 Å². The average Bonchev–Trinajstić information content (AvgIpc) is 1.18. The molecule has 0 unspecified atom stereocenters. The van der Waals surface area contributed by atoms with Crippen molar-refractivity contribution in [3.05, 3.63) is 481 Å². The van der Waals surface area contributed by atoms with E-state index in [0.29, 0.717) is 22.5 Å². The monoisotopic (exact) mass is 1760 g/mol. The number of fused-ring (bicyclic) bond motifs is 18. The summed E-state index contributed by atoms with van der Waals surface area (Å²) in [5, 5.41) is 33.4. The summed E-state index contributed by atoms with van der Waals surface area (Å²) >= 11 is 0. The smallest absolute Gasteiger partial charge is 0.188 e. The van der Waals surface area contributed by atoms with E-state index >= 15 is 0 Å². The molecule has 10 nitrogen and oxygen atoms in total. The van der Waals surface area contributed by atoms with Crippen LogP contribution in [0.5, 0.6) is 0 Å². The average molecular weight is 1760 g/mol. The number of rotatable bonds is 12. The molecule has 6 aromatic heterocycles. The Morgan fingerprint density at radius 3 is 0.565 bits per heavy atom. The summed E-state index contributed by atoms with van der Waals surface area (Å²) < 4.78 is 14.0. The number of aromatic nitrogens is 6. The third kappa shape index (κ3) is 13.6. The topological polar surface area (TPSA) is 85.9 Å². The van der Waals surface area contributed by atoms with E-state index in [2.05, 4.69) is 429 Å². The first kappa shape index (κ1) is 81.2. The highest BCUT2D eigenvalue weighted by molar-refractivity contribution is 6.16. The Morgan fingerprint density at radius 2 is 0.355 bits per heavy atom. The van der Waals surface area contributed by atoms with Gasteiger partial charge in [-0.2, -0.15) is 10.5 Å². The van der Waals surface area contributed by atoms with Crippen LogP contribution in [0.1, 0.15) is 33.4 Å². The van der Waals surface area contributed by atoms with Crippen LogP contribution < -0.4 is 0 Å². The van der Waals surface area contributed by atoms with Crippen molar-refractivity contribution in [3.8, 4) is 113 Å². The van der Waals surface area contributed by atoms with Crippen LogP contribution in [0.2, 0.25) is 0 Å². The molecule has 0 saturated carbocycles. The molecular formula is C128H82N10. The molecule has 644 valence electrons. The third-order valence-electron chi connectivity index (χ3n) is 27.9. The van der Waals surface area contributed by atoms with Crippen LogP contribution >= 0.6 is 0 Å². The van der Waals surface area contributed by atoms with Crippen LogP contribution in [-0.4, -0.2) is 27.4 Å². The van der Waals surface area contributed by atoms with Crippen molar-refractivity contribution in [2.24, 2.45) is 0 Å². The van der Waals surface area contributed by atoms with E-state index in [0.717, 1.165) is 111 Å². The Balaban J connectivity index is 0.000000147. The Morgan fingerprint density at radius 1 is 0.174 bits per heavy atom. The van der Waals surface area contributed by atoms with Gasteiger partial charge in [0.15, 0.2) is 11.4 Å². The minimum Gasteiger partial charge on any atom is -0.309 e. The van der Waals surface area contributed by atoms with Crippen LogP contribution in [0.25, 0.3) is 241 Å². The number of hydrogen-bond donors (Lipinski definition) is 0. The third-order valence-corrected chi connectivity index (χ3v) is 27.9. The van der Waals surface area contributed by atoms with Crippen LogP contribution in [0.4, 0.5) is 11.4 Å². The van der Waals surface area contributed by atoms with Gasteiger partial charge in [0.05, 0.1) is 103 Å². The fraction of sp³-hybridized carbons (Fsp3) is 0.0312. The van der Waals surface area contributed by atoms with E-state index in [1.165, 1.54) is 143 Å². The molecule has 0 N–H and O–H groups in total. The Kier molecular flexibility index (Phi) is 19.2. The standard InChI is InChI=1S/C64H35N7.C64H47N3/c1-67-48-19-29-63-57(36-48)58-37-49(68-2)20-30-64(58)71(63)52-25-17-44(18-26-52)47-34-45(42-13-21-50(22-14-42)69-59-9-5-3-7-53(59)54-8-4-6-10-60(54)69)33-46(35-47)43-15-23-51(24-16-43)70-61-27-11-40(38-65)31-55(61)56-32-41(39-66)12-28-62(56)70;1-40-13-29-61-55(33-40)56-34-41(2)14-30-62(56)66(61)51-25-19-45(20-26-51)48-37-47(44-17-23-50(24-18-44)65-59-11-7-5-9-53(59)54-10-6-8-12-60(54)65)38-49(39-48)46-21-27-52(28-22-46)67-63-31-15-42(3)35-57(63)58-36-43(4)16-32-64(58)67/h3-37H;5-39H,1-4H3. The molecule has 26 aromatic rings. The van der Waals surface area contributed by atoms with Crippen molar-refractivity contribution in [2.75, 3.05) is 0 Å². The Hall–Kier alpha value is -18.8. The molecular weight excluding hydrogens is 1680 g/mol. The highest BCUT2D eigenvalue weighted by atomic mass is 15.0. The molecule has 20 aromatic carbocycles. The van der Waals surface area contributed by atoms with Crippen LogP contribution in [0.3, 0.4) is 0 Å². The maximum atomic E-state index is 9.76. The van der Waals surface area contributed by atoms with Gasteiger partial charge in [-0.05, 0) is 348 Å². The molecule has 0 saturated heterocycles. The van der Waals surface area contributed by atoms with Gasteiger partial charge in [0.25, 0.3) is 0 Å². The first-order chi connectivity index (χ1) is 67.8. The summed E-state index contributed by atoms with van der Waals surface area (Å²) in [6, 6.07) is 157. The van der Waals surface area contributed by atoms with Crippen molar-refractivity contribution >= 4 is 142 Å². The SMILES string of the molecule is Cc1ccc2c(c1)c1cc(C)ccc1n2-c1ccc(-c2cc(-c3ccc(-n4c5ccccc5c5ccccc54)cc3)cc(-c3ccc(-n4c5ccc(C)cc5c5cc(C)ccc54)cc3)c2)cc1.[C-]#[N+]c1ccc2c(c1)c1cc([N+]#[C-])ccc1n2-c1ccc(-c2cc(-c3ccc(-n4c5ccccc5c5ccccc54)cc3)cc(-c3ccc(-n4c5ccc(C#N)cc5c5cc(C#N)ccc54)cc3)c2)cc1. The minimum absolute atomic E-state index is 0.559. The van der Waals surface area contributed by atoms with Crippen molar-refractivity contribution in [1.82, 2.24) is 27.4 Å². The quantitative estimate of drug-likeness (QED) is 0.114. The van der Waals surface area contributed by atoms with E-state index in [4.69, 9.17) is 13.1 Å². The van der Waals surface area contributed by atoms with E-state index in [9.17, 15) is 10.5 Å². The molecule has 0 spiro atoms. The van der Waals surface area contributed by atoms with Crippen molar-refractivity contribution in [2.45, 2.75) is 27.7 Å². The molecule has 10 heteroatoms. The molecule has 0 amide bonds. The number of aryl methyl sites for hydroxylation is 4. The van der Waals surface area contributed by atoms with E-state index < -0.39 is 0 Å². The summed E-state index contributed by atoms with van der Waals surface area (Å²) in [6.07, 6.45) is 0. The van der Waals surface area contributed by atoms with Gasteiger partial charge in [-0.3, -0.25) is 0 Å². The number of nitrogens with zero attached hydrogens (tertiary/aromatic N) is 10. The second-order valence-electron chi connectivity index (χ2n) is 36.4. The van der Waals surface area contributed by atoms with E-state index in [1.807, 2.05) is 72.8 Å². The summed E-state index contributed by atoms with van der Waals surface area (Å²) in [7, 11) is 0. The summed E-state index contributed by atoms with van der Waals surface area (Å²) in [5.74, 6) is 0. The van der Waals surface area contributed by atoms with Crippen molar-refractivity contribution < 1.29 is 0 Å². The first-order valence-corrected chi connectivity index (χ1v) is 46.5. The zero-order valence-corrected chi connectivity index (χ0v) is 75.9. The van der Waals surface area contributed by atoms with Gasteiger partial charge < -0.3 is 27.4 Å². The summed E-state index contributed by atoms with van der Waals surface area (Å²) in [4.78, 5) is 7.40. The highest BCUT2D eigenvalue weighted by Gasteiger charge is 2.23. The predicted octanol–water partition coefficient (Wildman–Crippen LogP) is 34.0. The second-order valence-corrected chi connectivity index (χ2v) is 36.4. The molecule has 0 aliphatic rings. The van der Waals surface area contributed by atoms with Gasteiger partial charge in [-0.1, -0.05) is 204 Å². The second kappa shape index (κ2) is 32.6. The van der Waals surface area contributed by atoms with Crippen LogP contribution in [0.15, 0.2) is 425 Å². The molecule has 0 bridgehead atoms. The first-order valence-electron chi connectivity index (χ1n) is 46.5. The number of para-hydroxylation sites is 4. The minimum atomic E-state index is 0.559. The lowest BCUT2D eigenvalue weighted by molar-refractivity contribution is 1.18. The zero-order chi connectivity index (χ0) is 92.7. The lowest BCUT2D eigenvalue weighted by Gasteiger charge is -2.14. The van der Waals surface area contributed by atoms with Gasteiger partial charge in [0, 0.05) is 88.0 Å². The molecule has 0 atom stereocenters. The Labute approximate surface area is 796 Å². The predicted molar refractivity (Wildman–Crippen MR) is 572 cm³/mol. The fourth-order valence-electron chi connectivity index (χ4n) is 21.4. The van der Waals surface area contributed by atoms with Gasteiger partial charge in [0.2, 0.25) is 0 Å². The van der Waals surface area contributed by atoms with E-state index in [-0.39, 0.29) is 0 Å². The summed E-state index contributed by atoms with van der Waals surface area (Å²) in [6.45, 7) is 24.1.